The van der Waals surface area contributed by atoms with Gasteiger partial charge in [-0.1, -0.05) is 0 Å². The normalized spacial score (nSPS) is 9.36. The second-order valence-electron chi connectivity index (χ2n) is 2.09. The Morgan fingerprint density at radius 2 is 1.82 bits per heavy atom. The molecule has 0 radical (unpaired) electrons. The smallest absolute Gasteiger partial charge is 0.368 e. The fraction of sp³-hybridized carbons (Fsp3) is 0.250. The fourth-order valence-electron chi connectivity index (χ4n) is 0.768. The molecule has 0 atom stereocenters. The van der Waals surface area contributed by atoms with Crippen molar-refractivity contribution in [1.29, 1.82) is 0 Å². The van der Waals surface area contributed by atoms with Crippen molar-refractivity contribution in [3.63, 3.8) is 0 Å². The van der Waals surface area contributed by atoms with Crippen molar-refractivity contribution >= 4 is 0 Å². The van der Waals surface area contributed by atoms with Crippen molar-refractivity contribution in [3.05, 3.63) is 35.9 Å². The van der Waals surface area contributed by atoms with Gasteiger partial charge in [-0.15, -0.1) is 0 Å². The Bertz CT molecular complexity index is 187. The molecule has 11 heavy (non-hydrogen) atoms. The number of benzene rings is 1. The molecule has 0 aliphatic rings. The van der Waals surface area contributed by atoms with Crippen LogP contribution in [0.3, 0.4) is 0 Å². The number of hydrogen-bond acceptors (Lipinski definition) is 2. The van der Waals surface area contributed by atoms with Crippen LogP contribution in [0.4, 0.5) is 0 Å². The minimum atomic E-state index is -1.25. The number of rotatable bonds is 2. The van der Waals surface area contributed by atoms with E-state index in [2.05, 4.69) is 6.07 Å². The zero-order valence-electron chi connectivity index (χ0n) is 6.49. The average molecular weight is 144 g/mol. The zero-order chi connectivity index (χ0) is 7.40. The van der Waals surface area contributed by atoms with Gasteiger partial charge in [0.25, 0.3) is 0 Å². The van der Waals surface area contributed by atoms with E-state index in [-0.39, 0.29) is 25.3 Å². The van der Waals surface area contributed by atoms with Crippen LogP contribution in [0.2, 0.25) is 0 Å². The summed E-state index contributed by atoms with van der Waals surface area (Å²) in [4.78, 5) is 0. The van der Waals surface area contributed by atoms with Gasteiger partial charge in [0, 0.05) is 6.42 Å². The third-order valence-corrected chi connectivity index (χ3v) is 1.21. The van der Waals surface area contributed by atoms with Crippen molar-refractivity contribution in [2.45, 2.75) is 12.7 Å². The van der Waals surface area contributed by atoms with Gasteiger partial charge in [0.15, 0.2) is 6.29 Å². The first-order valence-corrected chi connectivity index (χ1v) is 3.10. The molecule has 54 valence electrons. The SMILES string of the molecule is OC(O)Cc1cc[c-]cc1.[Li+]. The Labute approximate surface area is 78.0 Å². The van der Waals surface area contributed by atoms with E-state index in [9.17, 15) is 0 Å². The zero-order valence-corrected chi connectivity index (χ0v) is 6.49. The van der Waals surface area contributed by atoms with Gasteiger partial charge in [-0.3, -0.25) is 0 Å². The second-order valence-corrected chi connectivity index (χ2v) is 2.09. The van der Waals surface area contributed by atoms with Gasteiger partial charge in [-0.05, 0) is 0 Å². The molecule has 0 bridgehead atoms. The molecule has 1 rings (SSSR count). The van der Waals surface area contributed by atoms with E-state index < -0.39 is 6.29 Å². The maximum Gasteiger partial charge on any atom is 1.00 e. The molecule has 0 unspecified atom stereocenters. The summed E-state index contributed by atoms with van der Waals surface area (Å²) in [5.74, 6) is 0. The van der Waals surface area contributed by atoms with Gasteiger partial charge in [0.05, 0.1) is 0 Å². The van der Waals surface area contributed by atoms with E-state index in [1.165, 1.54) is 0 Å². The first-order valence-electron chi connectivity index (χ1n) is 3.10. The van der Waals surface area contributed by atoms with Crippen molar-refractivity contribution in [2.24, 2.45) is 0 Å². The number of aliphatic hydroxyl groups excluding tert-OH is 1. The van der Waals surface area contributed by atoms with Gasteiger partial charge in [-0.25, -0.2) is 0 Å². The van der Waals surface area contributed by atoms with Crippen LogP contribution in [-0.4, -0.2) is 16.5 Å². The predicted molar refractivity (Wildman–Crippen MR) is 37.2 cm³/mol. The van der Waals surface area contributed by atoms with E-state index in [0.717, 1.165) is 5.56 Å². The van der Waals surface area contributed by atoms with Crippen LogP contribution in [-0.2, 0) is 6.42 Å². The monoisotopic (exact) mass is 144 g/mol. The Kier molecular flexibility index (Phi) is 5.27. The fourth-order valence-corrected chi connectivity index (χ4v) is 0.768. The van der Waals surface area contributed by atoms with E-state index in [1.54, 1.807) is 24.3 Å². The van der Waals surface area contributed by atoms with Gasteiger partial charge in [-0.2, -0.15) is 35.9 Å². The summed E-state index contributed by atoms with van der Waals surface area (Å²) in [6, 6.07) is 9.95. The molecular formula is C8H9LiO2. The first kappa shape index (κ1) is 10.7. The van der Waals surface area contributed by atoms with Crippen LogP contribution in [0.1, 0.15) is 5.56 Å². The van der Waals surface area contributed by atoms with Crippen LogP contribution >= 0.6 is 0 Å². The standard InChI is InChI=1S/C8H9O2.Li/c9-8(10)6-7-4-2-1-3-5-7;/h2-5,8-10H,6H2;/q-1;+1. The third-order valence-electron chi connectivity index (χ3n) is 1.21. The maximum atomic E-state index is 8.55. The van der Waals surface area contributed by atoms with Crippen LogP contribution < -0.4 is 18.9 Å². The summed E-state index contributed by atoms with van der Waals surface area (Å²) in [6.45, 7) is 0. The molecule has 0 fully saturated rings. The summed E-state index contributed by atoms with van der Waals surface area (Å²) < 4.78 is 0. The van der Waals surface area contributed by atoms with Crippen molar-refractivity contribution in [1.82, 2.24) is 0 Å². The molecule has 1 aromatic rings. The van der Waals surface area contributed by atoms with Gasteiger partial charge in [0.1, 0.15) is 0 Å². The molecule has 0 saturated carbocycles. The molecule has 0 spiro atoms. The molecule has 0 aliphatic carbocycles. The second kappa shape index (κ2) is 5.40. The Balaban J connectivity index is 0.000001000. The molecule has 0 aromatic heterocycles. The number of hydrogen-bond donors (Lipinski definition) is 2. The van der Waals surface area contributed by atoms with E-state index in [4.69, 9.17) is 10.2 Å². The molecule has 0 aliphatic heterocycles. The van der Waals surface area contributed by atoms with Gasteiger partial charge in [0.2, 0.25) is 0 Å². The molecule has 2 nitrogen and oxygen atoms in total. The van der Waals surface area contributed by atoms with Crippen molar-refractivity contribution < 1.29 is 29.1 Å². The quantitative estimate of drug-likeness (QED) is 0.270. The first-order chi connectivity index (χ1) is 4.79. The van der Waals surface area contributed by atoms with Crippen LogP contribution in [0.15, 0.2) is 24.3 Å². The molecule has 1 aromatic carbocycles. The van der Waals surface area contributed by atoms with Gasteiger partial charge < -0.3 is 10.2 Å². The largest absolute Gasteiger partial charge is 1.00 e. The Morgan fingerprint density at radius 1 is 1.27 bits per heavy atom. The number of aliphatic hydroxyl groups is 2. The summed E-state index contributed by atoms with van der Waals surface area (Å²) in [6.07, 6.45) is -0.961. The average Bonchev–Trinajstić information content (AvgIpc) is 1.88. The van der Waals surface area contributed by atoms with Crippen molar-refractivity contribution in [3.8, 4) is 0 Å². The summed E-state index contributed by atoms with van der Waals surface area (Å²) >= 11 is 0. The van der Waals surface area contributed by atoms with Gasteiger partial charge >= 0.3 is 18.9 Å². The predicted octanol–water partition coefficient (Wildman–Crippen LogP) is -2.66. The van der Waals surface area contributed by atoms with E-state index >= 15 is 0 Å². The maximum absolute atomic E-state index is 8.55. The minimum Gasteiger partial charge on any atom is -0.368 e. The molecule has 2 N–H and O–H groups in total. The Hall–Kier alpha value is -0.263. The van der Waals surface area contributed by atoms with Crippen molar-refractivity contribution in [2.75, 3.05) is 0 Å². The summed E-state index contributed by atoms with van der Waals surface area (Å²) in [5.41, 5.74) is 0.911. The van der Waals surface area contributed by atoms with E-state index in [0.29, 0.717) is 0 Å². The minimum absolute atomic E-state index is 0. The molecular weight excluding hydrogens is 135 g/mol. The van der Waals surface area contributed by atoms with Crippen LogP contribution in [0, 0.1) is 6.07 Å². The summed E-state index contributed by atoms with van der Waals surface area (Å²) in [7, 11) is 0. The van der Waals surface area contributed by atoms with Crippen LogP contribution in [0.25, 0.3) is 0 Å². The molecule has 0 amide bonds. The molecule has 0 heterocycles. The Morgan fingerprint density at radius 3 is 2.27 bits per heavy atom. The summed E-state index contributed by atoms with van der Waals surface area (Å²) in [5, 5.41) is 17.1. The third kappa shape index (κ3) is 4.23. The van der Waals surface area contributed by atoms with E-state index in [1.807, 2.05) is 0 Å². The topological polar surface area (TPSA) is 40.5 Å². The molecule has 3 heteroatoms. The van der Waals surface area contributed by atoms with Crippen LogP contribution in [0.5, 0.6) is 0 Å². The molecule has 0 saturated heterocycles.